The molecule has 0 spiro atoms. The first-order valence-electron chi connectivity index (χ1n) is 5.89. The molecule has 5 heteroatoms. The van der Waals surface area contributed by atoms with Gasteiger partial charge in [0.25, 0.3) is 0 Å². The van der Waals surface area contributed by atoms with Crippen molar-refractivity contribution >= 4 is 11.6 Å². The molecule has 0 unspecified atom stereocenters. The Morgan fingerprint density at radius 3 is 2.94 bits per heavy atom. The van der Waals surface area contributed by atoms with E-state index in [-0.39, 0.29) is 5.82 Å². The van der Waals surface area contributed by atoms with E-state index in [0.717, 1.165) is 18.7 Å². The average molecular weight is 268 g/mol. The standard InChI is InChI=1S/C13H15ClFN3/c1-2-3-16-7-12-8-18(9-17-12)13-5-10(14)4-11(15)6-13/h4-6,8-9,16H,2-3,7H2,1H3. The van der Waals surface area contributed by atoms with E-state index in [9.17, 15) is 4.39 Å². The summed E-state index contributed by atoms with van der Waals surface area (Å²) in [6.45, 7) is 3.78. The Hall–Kier alpha value is -1.39. The topological polar surface area (TPSA) is 29.9 Å². The second-order valence-electron chi connectivity index (χ2n) is 4.08. The van der Waals surface area contributed by atoms with Crippen molar-refractivity contribution in [2.75, 3.05) is 6.54 Å². The first kappa shape index (κ1) is 13.1. The molecule has 3 nitrogen and oxygen atoms in total. The summed E-state index contributed by atoms with van der Waals surface area (Å²) in [5.74, 6) is -0.350. The number of halogens is 2. The summed E-state index contributed by atoms with van der Waals surface area (Å²) in [5.41, 5.74) is 1.60. The van der Waals surface area contributed by atoms with Crippen molar-refractivity contribution in [2.24, 2.45) is 0 Å². The molecule has 2 rings (SSSR count). The zero-order chi connectivity index (χ0) is 13.0. The van der Waals surface area contributed by atoms with Gasteiger partial charge in [-0.2, -0.15) is 0 Å². The molecule has 0 aliphatic carbocycles. The normalized spacial score (nSPS) is 10.8. The van der Waals surface area contributed by atoms with Crippen LogP contribution in [0, 0.1) is 5.82 Å². The third-order valence-electron chi connectivity index (χ3n) is 2.51. The summed E-state index contributed by atoms with van der Waals surface area (Å²) >= 11 is 5.82. The molecule has 0 aliphatic heterocycles. The van der Waals surface area contributed by atoms with Crippen LogP contribution in [0.5, 0.6) is 0 Å². The number of hydrogen-bond donors (Lipinski definition) is 1. The fraction of sp³-hybridized carbons (Fsp3) is 0.308. The van der Waals surface area contributed by atoms with Gasteiger partial charge in [-0.05, 0) is 31.2 Å². The van der Waals surface area contributed by atoms with E-state index >= 15 is 0 Å². The van der Waals surface area contributed by atoms with Crippen LogP contribution in [0.3, 0.4) is 0 Å². The quantitative estimate of drug-likeness (QED) is 0.844. The van der Waals surface area contributed by atoms with Crippen LogP contribution >= 0.6 is 11.6 Å². The lowest BCUT2D eigenvalue weighted by Gasteiger charge is -2.03. The van der Waals surface area contributed by atoms with E-state index in [1.165, 1.54) is 12.1 Å². The molecule has 0 amide bonds. The molecular weight excluding hydrogens is 253 g/mol. The largest absolute Gasteiger partial charge is 0.311 e. The zero-order valence-electron chi connectivity index (χ0n) is 10.2. The molecule has 96 valence electrons. The van der Waals surface area contributed by atoms with Crippen LogP contribution < -0.4 is 5.32 Å². The van der Waals surface area contributed by atoms with Crippen LogP contribution in [0.2, 0.25) is 5.02 Å². The zero-order valence-corrected chi connectivity index (χ0v) is 10.9. The fourth-order valence-corrected chi connectivity index (χ4v) is 1.89. The monoisotopic (exact) mass is 267 g/mol. The van der Waals surface area contributed by atoms with Crippen molar-refractivity contribution in [3.05, 3.63) is 47.3 Å². The van der Waals surface area contributed by atoms with Crippen LogP contribution in [0.25, 0.3) is 5.69 Å². The molecule has 0 fully saturated rings. The maximum absolute atomic E-state index is 13.2. The molecular formula is C13H15ClFN3. The lowest BCUT2D eigenvalue weighted by Crippen LogP contribution is -2.13. The van der Waals surface area contributed by atoms with Gasteiger partial charge in [0.05, 0.1) is 17.7 Å². The first-order chi connectivity index (χ1) is 8.69. The van der Waals surface area contributed by atoms with Gasteiger partial charge in [-0.25, -0.2) is 9.37 Å². The Labute approximate surface area is 111 Å². The minimum Gasteiger partial charge on any atom is -0.311 e. The summed E-state index contributed by atoms with van der Waals surface area (Å²) in [7, 11) is 0. The Morgan fingerprint density at radius 1 is 1.39 bits per heavy atom. The van der Waals surface area contributed by atoms with Crippen LogP contribution in [-0.2, 0) is 6.54 Å². The molecule has 0 bridgehead atoms. The number of nitrogens with zero attached hydrogens (tertiary/aromatic N) is 2. The molecule has 1 N–H and O–H groups in total. The van der Waals surface area contributed by atoms with Crippen molar-refractivity contribution in [1.82, 2.24) is 14.9 Å². The SMILES string of the molecule is CCCNCc1cn(-c2cc(F)cc(Cl)c2)cn1. The second kappa shape index (κ2) is 5.98. The number of nitrogens with one attached hydrogen (secondary N) is 1. The van der Waals surface area contributed by atoms with Crippen molar-refractivity contribution < 1.29 is 4.39 Å². The van der Waals surface area contributed by atoms with Gasteiger partial charge < -0.3 is 9.88 Å². The van der Waals surface area contributed by atoms with Crippen LogP contribution in [0.1, 0.15) is 19.0 Å². The van der Waals surface area contributed by atoms with E-state index in [1.54, 1.807) is 17.0 Å². The van der Waals surface area contributed by atoms with Gasteiger partial charge in [0.15, 0.2) is 0 Å². The van der Waals surface area contributed by atoms with E-state index in [1.807, 2.05) is 6.20 Å². The lowest BCUT2D eigenvalue weighted by molar-refractivity contribution is 0.626. The Morgan fingerprint density at radius 2 is 2.22 bits per heavy atom. The van der Waals surface area contributed by atoms with Crippen LogP contribution in [-0.4, -0.2) is 16.1 Å². The summed E-state index contributed by atoms with van der Waals surface area (Å²) < 4.78 is 15.0. The average Bonchev–Trinajstić information content (AvgIpc) is 2.77. The predicted molar refractivity (Wildman–Crippen MR) is 70.5 cm³/mol. The summed E-state index contributed by atoms with van der Waals surface area (Å²) in [6, 6.07) is 4.41. The molecule has 1 heterocycles. The Bertz CT molecular complexity index is 504. The molecule has 1 aromatic heterocycles. The molecule has 2 aromatic rings. The molecule has 0 aliphatic rings. The minimum absolute atomic E-state index is 0.350. The number of aromatic nitrogens is 2. The summed E-state index contributed by atoms with van der Waals surface area (Å²) in [6.07, 6.45) is 4.61. The van der Waals surface area contributed by atoms with E-state index in [2.05, 4.69) is 17.2 Å². The van der Waals surface area contributed by atoms with Crippen molar-refractivity contribution in [2.45, 2.75) is 19.9 Å². The van der Waals surface area contributed by atoms with Gasteiger partial charge in [-0.15, -0.1) is 0 Å². The molecule has 18 heavy (non-hydrogen) atoms. The van der Waals surface area contributed by atoms with Gasteiger partial charge in [-0.1, -0.05) is 18.5 Å². The Balaban J connectivity index is 2.13. The smallest absolute Gasteiger partial charge is 0.126 e. The van der Waals surface area contributed by atoms with Crippen molar-refractivity contribution in [1.29, 1.82) is 0 Å². The molecule has 0 saturated heterocycles. The van der Waals surface area contributed by atoms with Crippen molar-refractivity contribution in [3.8, 4) is 5.69 Å². The van der Waals surface area contributed by atoms with Gasteiger partial charge in [-0.3, -0.25) is 0 Å². The van der Waals surface area contributed by atoms with E-state index in [0.29, 0.717) is 17.3 Å². The third kappa shape index (κ3) is 3.31. The highest BCUT2D eigenvalue weighted by atomic mass is 35.5. The summed E-state index contributed by atoms with van der Waals surface area (Å²) in [4.78, 5) is 4.26. The first-order valence-corrected chi connectivity index (χ1v) is 6.27. The van der Waals surface area contributed by atoms with Crippen LogP contribution in [0.15, 0.2) is 30.7 Å². The minimum atomic E-state index is -0.350. The molecule has 0 radical (unpaired) electrons. The number of rotatable bonds is 5. The van der Waals surface area contributed by atoms with E-state index < -0.39 is 0 Å². The lowest BCUT2D eigenvalue weighted by atomic mass is 10.3. The molecule has 1 aromatic carbocycles. The highest BCUT2D eigenvalue weighted by Crippen LogP contribution is 2.17. The Kier molecular flexibility index (Phi) is 4.33. The third-order valence-corrected chi connectivity index (χ3v) is 2.73. The van der Waals surface area contributed by atoms with E-state index in [4.69, 9.17) is 11.6 Å². The predicted octanol–water partition coefficient (Wildman–Crippen LogP) is 3.16. The summed E-state index contributed by atoms with van der Waals surface area (Å²) in [5, 5.41) is 3.64. The number of benzene rings is 1. The highest BCUT2D eigenvalue weighted by molar-refractivity contribution is 6.30. The fourth-order valence-electron chi connectivity index (χ4n) is 1.68. The van der Waals surface area contributed by atoms with Gasteiger partial charge in [0.1, 0.15) is 5.82 Å². The van der Waals surface area contributed by atoms with Gasteiger partial charge in [0.2, 0.25) is 0 Å². The highest BCUT2D eigenvalue weighted by Gasteiger charge is 2.03. The van der Waals surface area contributed by atoms with Gasteiger partial charge in [0, 0.05) is 17.8 Å². The number of imidazole rings is 1. The maximum Gasteiger partial charge on any atom is 0.126 e. The molecule has 0 saturated carbocycles. The second-order valence-corrected chi connectivity index (χ2v) is 4.51. The van der Waals surface area contributed by atoms with Crippen molar-refractivity contribution in [3.63, 3.8) is 0 Å². The van der Waals surface area contributed by atoms with Gasteiger partial charge >= 0.3 is 0 Å². The number of hydrogen-bond acceptors (Lipinski definition) is 2. The van der Waals surface area contributed by atoms with Crippen LogP contribution in [0.4, 0.5) is 4.39 Å². The molecule has 0 atom stereocenters. The maximum atomic E-state index is 13.2.